The normalized spacial score (nSPS) is 19.0. The van der Waals surface area contributed by atoms with Crippen molar-refractivity contribution in [3.05, 3.63) is 32.6 Å². The van der Waals surface area contributed by atoms with Crippen LogP contribution in [0.25, 0.3) is 26.8 Å². The Morgan fingerprint density at radius 2 is 2.27 bits per heavy atom. The van der Waals surface area contributed by atoms with E-state index in [9.17, 15) is 9.59 Å². The maximum Gasteiger partial charge on any atom is 0.261 e. The molecule has 4 aromatic rings. The summed E-state index contributed by atoms with van der Waals surface area (Å²) in [6.45, 7) is 5.94. The summed E-state index contributed by atoms with van der Waals surface area (Å²) < 4.78 is 13.8. The summed E-state index contributed by atoms with van der Waals surface area (Å²) in [5.74, 6) is -0.166. The van der Waals surface area contributed by atoms with Crippen molar-refractivity contribution in [3.63, 3.8) is 0 Å². The van der Waals surface area contributed by atoms with Crippen LogP contribution in [-0.2, 0) is 14.3 Å². The highest BCUT2D eigenvalue weighted by Gasteiger charge is 2.34. The van der Waals surface area contributed by atoms with Gasteiger partial charge < -0.3 is 19.8 Å². The zero-order valence-corrected chi connectivity index (χ0v) is 20.7. The van der Waals surface area contributed by atoms with E-state index in [1.807, 2.05) is 20.0 Å². The molecule has 33 heavy (non-hydrogen) atoms. The summed E-state index contributed by atoms with van der Waals surface area (Å²) in [6.07, 6.45) is 3.30. The molecule has 1 atom stereocenters. The highest BCUT2D eigenvalue weighted by Crippen LogP contribution is 2.30. The number of fused-ring (bicyclic) bond motifs is 5. The lowest BCUT2D eigenvalue weighted by atomic mass is 10.1. The number of nitrogens with zero attached hydrogens (tertiary/aromatic N) is 4. The summed E-state index contributed by atoms with van der Waals surface area (Å²) >= 11 is 4.85. The highest BCUT2D eigenvalue weighted by molar-refractivity contribution is 9.11. The number of methoxy groups -OCH3 is 1. The zero-order chi connectivity index (χ0) is 23.3. The number of ether oxygens (including phenoxy) is 2. The van der Waals surface area contributed by atoms with Crippen molar-refractivity contribution in [3.8, 4) is 0 Å². The van der Waals surface area contributed by atoms with Crippen LogP contribution in [0.3, 0.4) is 0 Å². The number of aromatic nitrogens is 4. The lowest BCUT2D eigenvalue weighted by molar-refractivity contribution is -0.154. The number of pyridine rings is 2. The fraction of sp³-hybridized carbons (Fsp3) is 0.429. The van der Waals surface area contributed by atoms with Gasteiger partial charge in [-0.05, 0) is 35.8 Å². The number of hydrogen-bond donors (Lipinski definition) is 2. The largest absolute Gasteiger partial charge is 0.382 e. The fourth-order valence-corrected chi connectivity index (χ4v) is 5.87. The predicted molar refractivity (Wildman–Crippen MR) is 130 cm³/mol. The predicted octanol–water partition coefficient (Wildman–Crippen LogP) is 2.61. The van der Waals surface area contributed by atoms with Crippen molar-refractivity contribution in [2.75, 3.05) is 38.7 Å². The summed E-state index contributed by atoms with van der Waals surface area (Å²) in [7, 11) is 1.64. The average molecular weight is 535 g/mol. The number of carbonyl (C=O) groups excluding carboxylic acids is 1. The molecule has 12 heteroatoms. The van der Waals surface area contributed by atoms with Crippen LogP contribution in [0.1, 0.15) is 13.8 Å². The lowest BCUT2D eigenvalue weighted by Gasteiger charge is -2.42. The molecule has 1 amide bonds. The smallest absolute Gasteiger partial charge is 0.261 e. The minimum atomic E-state index is -0.370. The highest BCUT2D eigenvalue weighted by atomic mass is 79.9. The molecular weight excluding hydrogens is 512 g/mol. The average Bonchev–Trinajstić information content (AvgIpc) is 3.22. The van der Waals surface area contributed by atoms with Gasteiger partial charge in [0.25, 0.3) is 5.56 Å². The topological polar surface area (TPSA) is 114 Å². The van der Waals surface area contributed by atoms with Crippen molar-refractivity contribution in [2.45, 2.75) is 25.6 Å². The van der Waals surface area contributed by atoms with E-state index in [0.717, 1.165) is 8.62 Å². The number of anilines is 1. The van der Waals surface area contributed by atoms with Gasteiger partial charge in [0, 0.05) is 20.2 Å². The Kier molecular flexibility index (Phi) is 5.73. The first-order valence-corrected chi connectivity index (χ1v) is 12.0. The molecule has 0 bridgehead atoms. The quantitative estimate of drug-likeness (QED) is 0.404. The van der Waals surface area contributed by atoms with E-state index in [-0.39, 0.29) is 29.7 Å². The number of amides is 1. The molecule has 4 aromatic heterocycles. The number of nitrogens with one attached hydrogen (secondary N) is 2. The second-order valence-corrected chi connectivity index (χ2v) is 11.2. The molecule has 0 aromatic carbocycles. The van der Waals surface area contributed by atoms with E-state index in [1.165, 1.54) is 11.3 Å². The van der Waals surface area contributed by atoms with Crippen LogP contribution in [0, 0.1) is 0 Å². The van der Waals surface area contributed by atoms with E-state index < -0.39 is 0 Å². The molecule has 2 N–H and O–H groups in total. The van der Waals surface area contributed by atoms with Gasteiger partial charge in [-0.2, -0.15) is 5.10 Å². The second-order valence-electron chi connectivity index (χ2n) is 8.76. The molecule has 5 rings (SSSR count). The molecule has 0 aliphatic carbocycles. The summed E-state index contributed by atoms with van der Waals surface area (Å²) in [6, 6.07) is 1.71. The molecule has 1 saturated heterocycles. The molecule has 0 saturated carbocycles. The second kappa shape index (κ2) is 8.44. The van der Waals surface area contributed by atoms with E-state index in [2.05, 4.69) is 41.2 Å². The van der Waals surface area contributed by atoms with Crippen molar-refractivity contribution < 1.29 is 14.3 Å². The summed E-state index contributed by atoms with van der Waals surface area (Å²) in [5.41, 5.74) is 1.52. The zero-order valence-electron chi connectivity index (χ0n) is 18.3. The number of aromatic amines is 1. The molecular formula is C21H23BrN6O4S. The summed E-state index contributed by atoms with van der Waals surface area (Å²) in [4.78, 5) is 35.7. The fourth-order valence-electron chi connectivity index (χ4n) is 4.40. The Hall–Kier alpha value is -2.38. The number of hydrogen-bond acceptors (Lipinski definition) is 8. The number of H-pyrrole nitrogens is 1. The Morgan fingerprint density at radius 3 is 3.06 bits per heavy atom. The molecule has 10 nitrogen and oxygen atoms in total. The Balaban J connectivity index is 1.37. The van der Waals surface area contributed by atoms with Crippen LogP contribution >= 0.6 is 27.3 Å². The van der Waals surface area contributed by atoms with Gasteiger partial charge in [0.15, 0.2) is 0 Å². The molecule has 174 valence electrons. The van der Waals surface area contributed by atoms with Gasteiger partial charge in [0.2, 0.25) is 5.91 Å². The van der Waals surface area contributed by atoms with Crippen LogP contribution in [0.4, 0.5) is 5.69 Å². The molecule has 1 aliphatic heterocycles. The van der Waals surface area contributed by atoms with Crippen molar-refractivity contribution in [1.82, 2.24) is 24.5 Å². The van der Waals surface area contributed by atoms with Crippen LogP contribution < -0.4 is 10.9 Å². The Bertz CT molecular complexity index is 1430. The minimum Gasteiger partial charge on any atom is -0.382 e. The van der Waals surface area contributed by atoms with E-state index in [0.29, 0.717) is 47.3 Å². The number of thiazole rings is 1. The molecule has 5 heterocycles. The summed E-state index contributed by atoms with van der Waals surface area (Å²) in [5, 5.41) is 7.92. The van der Waals surface area contributed by atoms with Crippen molar-refractivity contribution >= 4 is 65.6 Å². The maximum atomic E-state index is 12.8. The van der Waals surface area contributed by atoms with Crippen molar-refractivity contribution in [2.24, 2.45) is 0 Å². The monoisotopic (exact) mass is 534 g/mol. The lowest BCUT2D eigenvalue weighted by Crippen LogP contribution is -2.55. The molecule has 0 spiro atoms. The van der Waals surface area contributed by atoms with Crippen LogP contribution in [-0.4, -0.2) is 75.4 Å². The Morgan fingerprint density at radius 1 is 1.45 bits per heavy atom. The number of carbonyl (C=O) groups is 1. The van der Waals surface area contributed by atoms with Gasteiger partial charge >= 0.3 is 0 Å². The van der Waals surface area contributed by atoms with E-state index in [4.69, 9.17) is 9.47 Å². The van der Waals surface area contributed by atoms with E-state index in [1.54, 1.807) is 23.9 Å². The van der Waals surface area contributed by atoms with Crippen LogP contribution in [0.5, 0.6) is 0 Å². The molecule has 1 aliphatic rings. The van der Waals surface area contributed by atoms with Gasteiger partial charge in [-0.15, -0.1) is 11.3 Å². The van der Waals surface area contributed by atoms with Gasteiger partial charge in [-0.3, -0.25) is 19.5 Å². The van der Waals surface area contributed by atoms with Crippen molar-refractivity contribution in [1.29, 1.82) is 0 Å². The molecule has 1 unspecified atom stereocenters. The number of rotatable bonds is 5. The number of halogens is 1. The Labute approximate surface area is 201 Å². The first kappa shape index (κ1) is 22.4. The molecule has 0 radical (unpaired) electrons. The third-order valence-electron chi connectivity index (χ3n) is 5.43. The van der Waals surface area contributed by atoms with Gasteiger partial charge in [-0.1, -0.05) is 0 Å². The minimum absolute atomic E-state index is 0.0912. The third kappa shape index (κ3) is 4.41. The first-order valence-electron chi connectivity index (χ1n) is 10.4. The first-order chi connectivity index (χ1) is 15.7. The van der Waals surface area contributed by atoms with Crippen LogP contribution in [0.15, 0.2) is 27.0 Å². The molecule has 1 fully saturated rings. The maximum absolute atomic E-state index is 12.8. The number of morpholine rings is 1. The third-order valence-corrected chi connectivity index (χ3v) is 7.00. The van der Waals surface area contributed by atoms with Gasteiger partial charge in [0.05, 0.1) is 52.2 Å². The van der Waals surface area contributed by atoms with Gasteiger partial charge in [0.1, 0.15) is 21.3 Å². The SMILES string of the molecule is COCC1CN(CC(=O)Nc2cnc3c(c2)[nH]c(=O)c2c3nn3cc(Br)sc23)CC(C)(C)O1. The van der Waals surface area contributed by atoms with Crippen LogP contribution in [0.2, 0.25) is 0 Å². The van der Waals surface area contributed by atoms with E-state index >= 15 is 0 Å². The van der Waals surface area contributed by atoms with Gasteiger partial charge in [-0.25, -0.2) is 4.52 Å². The standard InChI is InChI=1S/C21H23BrN6O4S/c1-21(2)10-27(6-12(32-21)9-31-3)8-15(29)24-11-4-13-17(23-5-11)18-16(19(30)25-13)20-28(26-18)7-14(22)33-20/h4-5,7,12H,6,8-10H2,1-3H3,(H,24,29)(H,25,30).